The Morgan fingerprint density at radius 1 is 1.40 bits per heavy atom. The largest absolute Gasteiger partial charge is 2.00 e. The smallest absolute Gasteiger partial charge is 0.358 e. The molecule has 0 unspecified atom stereocenters. The molecule has 58 valence electrons. The van der Waals surface area contributed by atoms with Crippen molar-refractivity contribution in [1.82, 2.24) is 4.90 Å². The Morgan fingerprint density at radius 2 is 1.80 bits per heavy atom. The van der Waals surface area contributed by atoms with Crippen LogP contribution in [0.3, 0.4) is 0 Å². The molecule has 0 aromatic rings. The molecule has 0 aromatic carbocycles. The third kappa shape index (κ3) is 8.58. The molecular weight excluding hydrogens is 175 g/mol. The van der Waals surface area contributed by atoms with Gasteiger partial charge in [-0.3, -0.25) is 0 Å². The van der Waals surface area contributed by atoms with Crippen molar-refractivity contribution >= 4 is 0 Å². The molecule has 0 rings (SSSR count). The van der Waals surface area contributed by atoms with Crippen LogP contribution in [-0.2, 0) is 19.5 Å². The number of rotatable bonds is 3. The van der Waals surface area contributed by atoms with Gasteiger partial charge in [-0.1, -0.05) is 0 Å². The summed E-state index contributed by atoms with van der Waals surface area (Å²) >= 11 is 0. The van der Waals surface area contributed by atoms with E-state index in [-0.39, 0.29) is 26.9 Å². The van der Waals surface area contributed by atoms with E-state index < -0.39 is 0 Å². The van der Waals surface area contributed by atoms with Gasteiger partial charge in [0.25, 0.3) is 0 Å². The van der Waals surface area contributed by atoms with E-state index in [0.717, 1.165) is 13.0 Å². The van der Waals surface area contributed by atoms with Crippen LogP contribution in [0.1, 0.15) is 20.3 Å². The van der Waals surface area contributed by atoms with E-state index in [1.54, 1.807) is 0 Å². The van der Waals surface area contributed by atoms with Crippen LogP contribution in [0.25, 0.3) is 0 Å². The summed E-state index contributed by atoms with van der Waals surface area (Å²) in [6.45, 7) is 9.26. The molecule has 0 spiro atoms. The molecule has 0 radical (unpaired) electrons. The van der Waals surface area contributed by atoms with Gasteiger partial charge >= 0.3 is 19.5 Å². The topological polar surface area (TPSA) is 3.24 Å². The van der Waals surface area contributed by atoms with Crippen molar-refractivity contribution in [2.45, 2.75) is 26.3 Å². The number of hydrogen-bond acceptors (Lipinski definition) is 1. The van der Waals surface area contributed by atoms with E-state index in [0.29, 0.717) is 6.04 Å². The summed E-state index contributed by atoms with van der Waals surface area (Å²) in [6.07, 6.45) is 1.01. The van der Waals surface area contributed by atoms with Crippen molar-refractivity contribution in [3.05, 3.63) is 14.4 Å². The summed E-state index contributed by atoms with van der Waals surface area (Å²) in [5.41, 5.74) is 0. The average Bonchev–Trinajstić information content (AvgIpc) is 1.67. The van der Waals surface area contributed by atoms with E-state index in [4.69, 9.17) is 0 Å². The number of hydrogen-bond donors (Lipinski definition) is 0. The zero-order valence-electron chi connectivity index (χ0n) is 7.85. The van der Waals surface area contributed by atoms with Gasteiger partial charge in [0, 0.05) is 6.04 Å². The van der Waals surface area contributed by atoms with Gasteiger partial charge in [0.05, 0.1) is 0 Å². The van der Waals surface area contributed by atoms with Crippen molar-refractivity contribution in [2.75, 3.05) is 13.6 Å². The van der Waals surface area contributed by atoms with Gasteiger partial charge in [0.1, 0.15) is 0 Å². The summed E-state index contributed by atoms with van der Waals surface area (Å²) in [6, 6.07) is 0.664. The van der Waals surface area contributed by atoms with Gasteiger partial charge in [-0.2, -0.15) is 6.42 Å². The fraction of sp³-hybridized carbons (Fsp3) is 0.750. The molecule has 0 atom stereocenters. The van der Waals surface area contributed by atoms with E-state index >= 15 is 0 Å². The van der Waals surface area contributed by atoms with Crippen LogP contribution >= 0.6 is 0 Å². The molecular formula is C8H19NZn. The summed E-state index contributed by atoms with van der Waals surface area (Å²) in [4.78, 5) is 2.28. The maximum Gasteiger partial charge on any atom is 2.00 e. The first kappa shape index (κ1) is 16.9. The molecule has 0 bridgehead atoms. The Labute approximate surface area is 78.9 Å². The van der Waals surface area contributed by atoms with Gasteiger partial charge in [-0.25, -0.2) is 0 Å². The van der Waals surface area contributed by atoms with Crippen LogP contribution in [0.4, 0.5) is 0 Å². The van der Waals surface area contributed by atoms with Crippen molar-refractivity contribution in [1.29, 1.82) is 0 Å². The van der Waals surface area contributed by atoms with Crippen LogP contribution in [0.5, 0.6) is 0 Å². The molecule has 0 fully saturated rings. The fourth-order valence-electron chi connectivity index (χ4n) is 0.508. The molecule has 10 heavy (non-hydrogen) atoms. The van der Waals surface area contributed by atoms with Crippen molar-refractivity contribution < 1.29 is 19.5 Å². The van der Waals surface area contributed by atoms with Crippen LogP contribution in [-0.4, -0.2) is 24.5 Å². The van der Waals surface area contributed by atoms with E-state index in [2.05, 4.69) is 32.7 Å². The standard InChI is InChI=1S/C7H16N.CH3.Zn/c1-5-6-8(4)7(2)3;;/h7H,1,5-6H2,2-4H3;1H3;/q2*-1;+2. The van der Waals surface area contributed by atoms with E-state index in [1.165, 1.54) is 0 Å². The first-order valence-electron chi connectivity index (χ1n) is 3.18. The molecule has 1 nitrogen and oxygen atoms in total. The average molecular weight is 195 g/mol. The molecule has 0 N–H and O–H groups in total. The van der Waals surface area contributed by atoms with Gasteiger partial charge in [0.15, 0.2) is 0 Å². The summed E-state index contributed by atoms with van der Waals surface area (Å²) in [5, 5.41) is 0. The van der Waals surface area contributed by atoms with Crippen molar-refractivity contribution in [3.63, 3.8) is 0 Å². The van der Waals surface area contributed by atoms with Crippen LogP contribution in [0.2, 0.25) is 0 Å². The summed E-state index contributed by atoms with van der Waals surface area (Å²) in [5.74, 6) is 0. The van der Waals surface area contributed by atoms with Crippen molar-refractivity contribution in [3.8, 4) is 0 Å². The minimum Gasteiger partial charge on any atom is -0.358 e. The molecule has 2 heteroatoms. The zero-order chi connectivity index (χ0) is 6.57. The quantitative estimate of drug-likeness (QED) is 0.491. The second-order valence-corrected chi connectivity index (χ2v) is 2.43. The monoisotopic (exact) mass is 193 g/mol. The zero-order valence-corrected chi connectivity index (χ0v) is 10.8. The first-order valence-corrected chi connectivity index (χ1v) is 3.18. The molecule has 0 heterocycles. The Hall–Kier alpha value is 0.583. The van der Waals surface area contributed by atoms with Crippen LogP contribution in [0.15, 0.2) is 0 Å². The normalized spacial score (nSPS) is 9.00. The van der Waals surface area contributed by atoms with Crippen LogP contribution in [0, 0.1) is 14.4 Å². The Balaban J connectivity index is -0.000000245. The van der Waals surface area contributed by atoms with Gasteiger partial charge in [-0.05, 0) is 27.4 Å². The van der Waals surface area contributed by atoms with E-state index in [1.807, 2.05) is 0 Å². The molecule has 0 amide bonds. The molecule has 0 saturated carbocycles. The fourth-order valence-corrected chi connectivity index (χ4v) is 0.508. The van der Waals surface area contributed by atoms with Crippen molar-refractivity contribution in [2.24, 2.45) is 0 Å². The Kier molecular flexibility index (Phi) is 16.2. The summed E-state index contributed by atoms with van der Waals surface area (Å²) in [7, 11) is 2.12. The SMILES string of the molecule is [CH2-]CCN(C)C(C)C.[CH3-].[Zn+2]. The molecule has 0 aliphatic heterocycles. The van der Waals surface area contributed by atoms with Gasteiger partial charge < -0.3 is 19.3 Å². The third-order valence-corrected chi connectivity index (χ3v) is 1.39. The molecule has 0 aliphatic rings. The predicted molar refractivity (Wildman–Crippen MR) is 44.2 cm³/mol. The Morgan fingerprint density at radius 3 is 1.90 bits per heavy atom. The third-order valence-electron chi connectivity index (χ3n) is 1.39. The van der Waals surface area contributed by atoms with E-state index in [9.17, 15) is 0 Å². The Bertz CT molecular complexity index is 55.2. The maximum atomic E-state index is 3.77. The molecule has 0 aliphatic carbocycles. The number of nitrogens with zero attached hydrogens (tertiary/aromatic N) is 1. The van der Waals surface area contributed by atoms with Crippen LogP contribution < -0.4 is 0 Å². The molecule has 0 saturated heterocycles. The van der Waals surface area contributed by atoms with Gasteiger partial charge in [-0.15, -0.1) is 0 Å². The first-order chi connectivity index (χ1) is 3.68. The second kappa shape index (κ2) is 9.58. The molecule has 0 aromatic heterocycles. The summed E-state index contributed by atoms with van der Waals surface area (Å²) < 4.78 is 0. The predicted octanol–water partition coefficient (Wildman–Crippen LogP) is 2.00. The minimum absolute atomic E-state index is 0. The maximum absolute atomic E-state index is 3.77. The van der Waals surface area contributed by atoms with Gasteiger partial charge in [0.2, 0.25) is 0 Å². The second-order valence-electron chi connectivity index (χ2n) is 2.43. The minimum atomic E-state index is 0.